The van der Waals surface area contributed by atoms with Gasteiger partial charge in [0.2, 0.25) is 0 Å². The van der Waals surface area contributed by atoms with Crippen molar-refractivity contribution < 1.29 is 4.42 Å². The molecule has 0 unspecified atom stereocenters. The summed E-state index contributed by atoms with van der Waals surface area (Å²) in [5, 5.41) is 4.82. The normalized spacial score (nSPS) is 14.6. The number of benzene rings is 8. The third kappa shape index (κ3) is 4.23. The van der Waals surface area contributed by atoms with Crippen molar-refractivity contribution in [2.75, 3.05) is 4.90 Å². The van der Waals surface area contributed by atoms with Crippen LogP contribution < -0.4 is 4.90 Å². The number of hydrogen-bond donors (Lipinski definition) is 0. The van der Waals surface area contributed by atoms with E-state index >= 15 is 0 Å². The monoisotopic (exact) mass is 693 g/mol. The van der Waals surface area contributed by atoms with Gasteiger partial charge in [-0.05, 0) is 103 Å². The highest BCUT2D eigenvalue weighted by Gasteiger charge is 2.41. The molecule has 2 heteroatoms. The van der Waals surface area contributed by atoms with E-state index in [1.54, 1.807) is 0 Å². The van der Waals surface area contributed by atoms with Crippen molar-refractivity contribution in [1.82, 2.24) is 0 Å². The van der Waals surface area contributed by atoms with Crippen LogP contribution in [0.5, 0.6) is 0 Å². The van der Waals surface area contributed by atoms with Crippen LogP contribution in [0.15, 0.2) is 168 Å². The first-order valence-corrected chi connectivity index (χ1v) is 19.0. The summed E-state index contributed by atoms with van der Waals surface area (Å²) in [6.07, 6.45) is 0. The molecule has 2 aliphatic rings. The second-order valence-corrected chi connectivity index (χ2v) is 16.1. The van der Waals surface area contributed by atoms with E-state index < -0.39 is 0 Å². The average molecular weight is 694 g/mol. The smallest absolute Gasteiger partial charge is 0.143 e. The predicted octanol–water partition coefficient (Wildman–Crippen LogP) is 14.5. The van der Waals surface area contributed by atoms with Gasteiger partial charge < -0.3 is 9.32 Å². The van der Waals surface area contributed by atoms with Gasteiger partial charge in [0, 0.05) is 44.1 Å². The van der Waals surface area contributed by atoms with Crippen molar-refractivity contribution in [3.8, 4) is 33.4 Å². The molecule has 0 saturated heterocycles. The lowest BCUT2D eigenvalue weighted by atomic mass is 9.79. The Labute approximate surface area is 315 Å². The van der Waals surface area contributed by atoms with Gasteiger partial charge in [-0.2, -0.15) is 0 Å². The molecule has 0 aliphatic heterocycles. The van der Waals surface area contributed by atoms with Crippen LogP contribution in [0, 0.1) is 0 Å². The first kappa shape index (κ1) is 31.2. The highest BCUT2D eigenvalue weighted by Crippen LogP contribution is 2.57. The number of furan rings is 1. The largest absolute Gasteiger partial charge is 0.455 e. The molecule has 0 bridgehead atoms. The summed E-state index contributed by atoms with van der Waals surface area (Å²) in [7, 11) is 0. The van der Waals surface area contributed by atoms with E-state index in [1.165, 1.54) is 71.8 Å². The van der Waals surface area contributed by atoms with E-state index in [-0.39, 0.29) is 10.8 Å². The fraction of sp³-hybridized carbons (Fsp3) is 0.115. The number of rotatable bonds is 4. The van der Waals surface area contributed by atoms with Crippen molar-refractivity contribution in [2.45, 2.75) is 38.5 Å². The maximum atomic E-state index is 6.67. The zero-order valence-electron chi connectivity index (χ0n) is 30.9. The molecule has 1 aromatic heterocycles. The molecule has 54 heavy (non-hydrogen) atoms. The first-order chi connectivity index (χ1) is 26.3. The molecule has 1 heterocycles. The molecule has 2 aliphatic carbocycles. The molecule has 0 saturated carbocycles. The van der Waals surface area contributed by atoms with Crippen molar-refractivity contribution in [2.24, 2.45) is 0 Å². The summed E-state index contributed by atoms with van der Waals surface area (Å²) >= 11 is 0. The second-order valence-electron chi connectivity index (χ2n) is 16.1. The molecule has 9 aromatic rings. The Kier molecular flexibility index (Phi) is 6.39. The van der Waals surface area contributed by atoms with Crippen molar-refractivity contribution in [3.05, 3.63) is 186 Å². The van der Waals surface area contributed by atoms with Gasteiger partial charge in [-0.3, -0.25) is 0 Å². The summed E-state index contributed by atoms with van der Waals surface area (Å²) in [6, 6.07) is 60.1. The molecule has 0 radical (unpaired) electrons. The van der Waals surface area contributed by atoms with Crippen molar-refractivity contribution in [3.63, 3.8) is 0 Å². The number of nitrogens with zero attached hydrogens (tertiary/aromatic N) is 1. The van der Waals surface area contributed by atoms with E-state index in [0.29, 0.717) is 0 Å². The number of para-hydroxylation sites is 1. The van der Waals surface area contributed by atoms with Crippen LogP contribution >= 0.6 is 0 Å². The first-order valence-electron chi connectivity index (χ1n) is 19.0. The molecule has 0 amide bonds. The predicted molar refractivity (Wildman–Crippen MR) is 226 cm³/mol. The molecule has 2 nitrogen and oxygen atoms in total. The Hall–Kier alpha value is -6.38. The topological polar surface area (TPSA) is 16.4 Å². The summed E-state index contributed by atoms with van der Waals surface area (Å²) < 4.78 is 6.67. The number of anilines is 3. The lowest BCUT2D eigenvalue weighted by Gasteiger charge is -2.30. The van der Waals surface area contributed by atoms with Gasteiger partial charge in [0.25, 0.3) is 0 Å². The van der Waals surface area contributed by atoms with Gasteiger partial charge >= 0.3 is 0 Å². The molecule has 8 aromatic carbocycles. The van der Waals surface area contributed by atoms with Gasteiger partial charge in [-0.1, -0.05) is 149 Å². The summed E-state index contributed by atoms with van der Waals surface area (Å²) in [5.41, 5.74) is 18.1. The van der Waals surface area contributed by atoms with Crippen LogP contribution in [0.25, 0.3) is 66.1 Å². The van der Waals surface area contributed by atoms with Gasteiger partial charge in [-0.25, -0.2) is 0 Å². The number of fused-ring (bicyclic) bond motifs is 13. The molecular formula is C52H39NO. The molecule has 0 spiro atoms. The third-order valence-corrected chi connectivity index (χ3v) is 12.4. The van der Waals surface area contributed by atoms with Gasteiger partial charge in [0.05, 0.1) is 0 Å². The Bertz CT molecular complexity index is 2980. The van der Waals surface area contributed by atoms with Crippen LogP contribution in [0.1, 0.15) is 49.9 Å². The lowest BCUT2D eigenvalue weighted by Crippen LogP contribution is -2.18. The molecule has 0 N–H and O–H groups in total. The van der Waals surface area contributed by atoms with Crippen LogP contribution in [0.3, 0.4) is 0 Å². The Morgan fingerprint density at radius 3 is 1.74 bits per heavy atom. The quantitative estimate of drug-likeness (QED) is 0.182. The fourth-order valence-electron chi connectivity index (χ4n) is 9.80. The minimum Gasteiger partial charge on any atom is -0.455 e. The third-order valence-electron chi connectivity index (χ3n) is 12.4. The summed E-state index contributed by atoms with van der Waals surface area (Å²) in [6.45, 7) is 9.51. The minimum absolute atomic E-state index is 0.105. The van der Waals surface area contributed by atoms with Crippen LogP contribution in [-0.4, -0.2) is 0 Å². The van der Waals surface area contributed by atoms with Gasteiger partial charge in [0.15, 0.2) is 0 Å². The summed E-state index contributed by atoms with van der Waals surface area (Å²) in [4.78, 5) is 2.45. The zero-order valence-corrected chi connectivity index (χ0v) is 30.9. The molecule has 0 atom stereocenters. The molecule has 0 fully saturated rings. The van der Waals surface area contributed by atoms with E-state index in [2.05, 4.69) is 196 Å². The Balaban J connectivity index is 1.13. The van der Waals surface area contributed by atoms with Gasteiger partial charge in [-0.15, -0.1) is 0 Å². The second kappa shape index (κ2) is 11.1. The highest BCUT2D eigenvalue weighted by atomic mass is 16.3. The molecule has 258 valence electrons. The zero-order chi connectivity index (χ0) is 36.3. The Morgan fingerprint density at radius 1 is 0.426 bits per heavy atom. The Morgan fingerprint density at radius 2 is 0.981 bits per heavy atom. The average Bonchev–Trinajstić information content (AvgIpc) is 3.79. The van der Waals surface area contributed by atoms with Crippen LogP contribution in [-0.2, 0) is 10.8 Å². The fourth-order valence-corrected chi connectivity index (χ4v) is 9.80. The van der Waals surface area contributed by atoms with Crippen LogP contribution in [0.4, 0.5) is 17.1 Å². The SMILES string of the molecule is CC1(C)c2ccccc2-c2ccc(N(c3ccc(-c4ccccc4)cc3)c3ccc4c(c3)C(C)(C)c3c-4c4ccccc4c4oc5ccccc5c34)cc21. The van der Waals surface area contributed by atoms with E-state index in [9.17, 15) is 0 Å². The van der Waals surface area contributed by atoms with E-state index in [4.69, 9.17) is 4.42 Å². The standard InChI is InChI=1S/C52H39NO/c1-51(2)43-20-12-10-16-37(43)38-28-26-35(30-44(38)51)53(34-24-22-33(23-25-34)32-14-6-5-7-15-32)36-27-29-41-45(31-36)52(3,4)49-47(41)39-17-8-9-18-40(39)50-48(49)42-19-11-13-21-46(42)54-50/h5-31H,1-4H3. The van der Waals surface area contributed by atoms with Crippen LogP contribution in [0.2, 0.25) is 0 Å². The van der Waals surface area contributed by atoms with Crippen molar-refractivity contribution in [1.29, 1.82) is 0 Å². The maximum absolute atomic E-state index is 6.67. The number of hydrogen-bond acceptors (Lipinski definition) is 2. The lowest BCUT2D eigenvalue weighted by molar-refractivity contribution is 0.659. The maximum Gasteiger partial charge on any atom is 0.143 e. The highest BCUT2D eigenvalue weighted by molar-refractivity contribution is 6.23. The molecular weight excluding hydrogens is 655 g/mol. The van der Waals surface area contributed by atoms with Crippen molar-refractivity contribution >= 4 is 49.8 Å². The van der Waals surface area contributed by atoms with Gasteiger partial charge in [0.1, 0.15) is 11.2 Å². The van der Waals surface area contributed by atoms with E-state index in [1.807, 2.05) is 0 Å². The summed E-state index contributed by atoms with van der Waals surface area (Å²) in [5.74, 6) is 0. The minimum atomic E-state index is -0.278. The molecule has 11 rings (SSSR count). The van der Waals surface area contributed by atoms with E-state index in [0.717, 1.165) is 33.6 Å².